The van der Waals surface area contributed by atoms with Crippen molar-refractivity contribution >= 4 is 10.8 Å². The number of aromatic nitrogens is 1. The maximum Gasteiger partial charge on any atom is 0.0482 e. The van der Waals surface area contributed by atoms with E-state index in [2.05, 4.69) is 36.2 Å². The fourth-order valence-electron chi connectivity index (χ4n) is 1.83. The van der Waals surface area contributed by atoms with E-state index in [4.69, 9.17) is 5.73 Å². The topological polar surface area (TPSA) is 38.9 Å². The Morgan fingerprint density at radius 3 is 2.93 bits per heavy atom. The predicted octanol–water partition coefficient (Wildman–Crippen LogP) is 2.43. The highest BCUT2D eigenvalue weighted by Gasteiger charge is 2.01. The summed E-state index contributed by atoms with van der Waals surface area (Å²) in [5.41, 5.74) is 7.97. The zero-order valence-corrected chi connectivity index (χ0v) is 9.03. The monoisotopic (exact) mass is 200 g/mol. The van der Waals surface area contributed by atoms with Crippen LogP contribution in [0.4, 0.5) is 0 Å². The van der Waals surface area contributed by atoms with Crippen molar-refractivity contribution in [1.82, 2.24) is 4.98 Å². The normalized spacial score (nSPS) is 10.8. The number of hydrogen-bond acceptors (Lipinski definition) is 2. The number of pyridine rings is 1. The SMILES string of the molecule is Cc1ccc2c(CCCN)nccc2c1. The molecule has 0 amide bonds. The highest BCUT2D eigenvalue weighted by atomic mass is 14.7. The summed E-state index contributed by atoms with van der Waals surface area (Å²) in [5, 5.41) is 2.54. The van der Waals surface area contributed by atoms with Crippen molar-refractivity contribution < 1.29 is 0 Å². The van der Waals surface area contributed by atoms with Gasteiger partial charge in [-0.05, 0) is 37.8 Å². The van der Waals surface area contributed by atoms with Gasteiger partial charge < -0.3 is 5.73 Å². The molecule has 1 aromatic carbocycles. The second-order valence-electron chi connectivity index (χ2n) is 3.87. The number of fused-ring (bicyclic) bond motifs is 1. The molecule has 0 aliphatic carbocycles. The summed E-state index contributed by atoms with van der Waals surface area (Å²) in [6.45, 7) is 2.84. The molecule has 1 heterocycles. The Labute approximate surface area is 90.1 Å². The largest absolute Gasteiger partial charge is 0.330 e. The second kappa shape index (κ2) is 4.41. The van der Waals surface area contributed by atoms with Crippen LogP contribution in [0.3, 0.4) is 0 Å². The third-order valence-corrected chi connectivity index (χ3v) is 2.62. The fourth-order valence-corrected chi connectivity index (χ4v) is 1.83. The molecule has 2 nitrogen and oxygen atoms in total. The first-order valence-electron chi connectivity index (χ1n) is 5.35. The smallest absolute Gasteiger partial charge is 0.0482 e. The van der Waals surface area contributed by atoms with Gasteiger partial charge in [-0.3, -0.25) is 4.98 Å². The third-order valence-electron chi connectivity index (χ3n) is 2.62. The van der Waals surface area contributed by atoms with Crippen molar-refractivity contribution in [3.63, 3.8) is 0 Å². The lowest BCUT2D eigenvalue weighted by molar-refractivity contribution is 0.817. The molecule has 15 heavy (non-hydrogen) atoms. The minimum absolute atomic E-state index is 0.726. The summed E-state index contributed by atoms with van der Waals surface area (Å²) < 4.78 is 0. The van der Waals surface area contributed by atoms with E-state index in [9.17, 15) is 0 Å². The minimum atomic E-state index is 0.726. The van der Waals surface area contributed by atoms with E-state index in [0.717, 1.165) is 25.1 Å². The van der Waals surface area contributed by atoms with Gasteiger partial charge in [-0.25, -0.2) is 0 Å². The molecule has 0 saturated carbocycles. The summed E-state index contributed by atoms with van der Waals surface area (Å²) in [6.07, 6.45) is 3.85. The Morgan fingerprint density at radius 1 is 1.27 bits per heavy atom. The summed E-state index contributed by atoms with van der Waals surface area (Å²) in [7, 11) is 0. The molecule has 0 fully saturated rings. The van der Waals surface area contributed by atoms with Gasteiger partial charge in [-0.2, -0.15) is 0 Å². The molecular formula is C13H16N2. The molecule has 78 valence electrons. The first-order valence-corrected chi connectivity index (χ1v) is 5.35. The molecular weight excluding hydrogens is 184 g/mol. The maximum absolute atomic E-state index is 5.52. The van der Waals surface area contributed by atoms with E-state index in [1.54, 1.807) is 0 Å². The summed E-state index contributed by atoms with van der Waals surface area (Å²) in [4.78, 5) is 4.42. The lowest BCUT2D eigenvalue weighted by atomic mass is 10.0. The van der Waals surface area contributed by atoms with Crippen molar-refractivity contribution in [3.8, 4) is 0 Å². The van der Waals surface area contributed by atoms with Crippen LogP contribution in [0, 0.1) is 6.92 Å². The Hall–Kier alpha value is -1.41. The van der Waals surface area contributed by atoms with E-state index in [1.165, 1.54) is 16.3 Å². The Bertz CT molecular complexity index is 463. The van der Waals surface area contributed by atoms with Crippen LogP contribution >= 0.6 is 0 Å². The summed E-state index contributed by atoms with van der Waals surface area (Å²) >= 11 is 0. The molecule has 0 spiro atoms. The molecule has 2 rings (SSSR count). The molecule has 0 aliphatic heterocycles. The van der Waals surface area contributed by atoms with Crippen LogP contribution in [0.5, 0.6) is 0 Å². The van der Waals surface area contributed by atoms with Gasteiger partial charge in [0.2, 0.25) is 0 Å². The van der Waals surface area contributed by atoms with Gasteiger partial charge in [-0.15, -0.1) is 0 Å². The first-order chi connectivity index (χ1) is 7.31. The Kier molecular flexibility index (Phi) is 2.97. The van der Waals surface area contributed by atoms with E-state index < -0.39 is 0 Å². The van der Waals surface area contributed by atoms with Crippen molar-refractivity contribution in [3.05, 3.63) is 41.7 Å². The van der Waals surface area contributed by atoms with Gasteiger partial charge in [0.1, 0.15) is 0 Å². The molecule has 0 radical (unpaired) electrons. The van der Waals surface area contributed by atoms with Crippen molar-refractivity contribution in [2.45, 2.75) is 19.8 Å². The van der Waals surface area contributed by atoms with Crippen LogP contribution in [0.15, 0.2) is 30.5 Å². The molecule has 0 unspecified atom stereocenters. The number of nitrogens with zero attached hydrogens (tertiary/aromatic N) is 1. The standard InChI is InChI=1S/C13H16N2/c1-10-4-5-12-11(9-10)6-8-15-13(12)3-2-7-14/h4-6,8-9H,2-3,7,14H2,1H3. The molecule has 2 N–H and O–H groups in total. The zero-order valence-electron chi connectivity index (χ0n) is 9.03. The predicted molar refractivity (Wildman–Crippen MR) is 63.9 cm³/mol. The van der Waals surface area contributed by atoms with Gasteiger partial charge in [0.15, 0.2) is 0 Å². The summed E-state index contributed by atoms with van der Waals surface area (Å²) in [6, 6.07) is 8.55. The van der Waals surface area contributed by atoms with Crippen LogP contribution in [-0.2, 0) is 6.42 Å². The number of rotatable bonds is 3. The quantitative estimate of drug-likeness (QED) is 0.826. The first kappa shape index (κ1) is 10.1. The molecule has 0 bridgehead atoms. The highest BCUT2D eigenvalue weighted by Crippen LogP contribution is 2.19. The number of benzene rings is 1. The van der Waals surface area contributed by atoms with Crippen molar-refractivity contribution in [2.24, 2.45) is 5.73 Å². The Balaban J connectivity index is 2.46. The molecule has 1 aromatic heterocycles. The van der Waals surface area contributed by atoms with Crippen LogP contribution in [0.2, 0.25) is 0 Å². The highest BCUT2D eigenvalue weighted by molar-refractivity contribution is 5.84. The number of hydrogen-bond donors (Lipinski definition) is 1. The third kappa shape index (κ3) is 2.16. The van der Waals surface area contributed by atoms with E-state index in [-0.39, 0.29) is 0 Å². The van der Waals surface area contributed by atoms with Gasteiger partial charge in [-0.1, -0.05) is 23.8 Å². The molecule has 0 atom stereocenters. The van der Waals surface area contributed by atoms with Crippen LogP contribution in [0.1, 0.15) is 17.7 Å². The summed E-state index contributed by atoms with van der Waals surface area (Å²) in [5.74, 6) is 0. The molecule has 2 heteroatoms. The maximum atomic E-state index is 5.52. The van der Waals surface area contributed by atoms with E-state index >= 15 is 0 Å². The Morgan fingerprint density at radius 2 is 2.13 bits per heavy atom. The van der Waals surface area contributed by atoms with E-state index in [1.807, 2.05) is 6.20 Å². The van der Waals surface area contributed by atoms with Crippen LogP contribution < -0.4 is 5.73 Å². The average molecular weight is 200 g/mol. The molecule has 0 saturated heterocycles. The fraction of sp³-hybridized carbons (Fsp3) is 0.308. The lowest BCUT2D eigenvalue weighted by Crippen LogP contribution is -2.01. The zero-order chi connectivity index (χ0) is 10.7. The van der Waals surface area contributed by atoms with Crippen LogP contribution in [0.25, 0.3) is 10.8 Å². The number of nitrogens with two attached hydrogens (primary N) is 1. The van der Waals surface area contributed by atoms with Gasteiger partial charge in [0.25, 0.3) is 0 Å². The van der Waals surface area contributed by atoms with E-state index in [0.29, 0.717) is 0 Å². The lowest BCUT2D eigenvalue weighted by Gasteiger charge is -2.05. The van der Waals surface area contributed by atoms with Gasteiger partial charge >= 0.3 is 0 Å². The van der Waals surface area contributed by atoms with Crippen molar-refractivity contribution in [1.29, 1.82) is 0 Å². The van der Waals surface area contributed by atoms with Crippen LogP contribution in [-0.4, -0.2) is 11.5 Å². The second-order valence-corrected chi connectivity index (χ2v) is 3.87. The minimum Gasteiger partial charge on any atom is -0.330 e. The van der Waals surface area contributed by atoms with Gasteiger partial charge in [0.05, 0.1) is 0 Å². The average Bonchev–Trinajstić information content (AvgIpc) is 2.25. The van der Waals surface area contributed by atoms with Crippen molar-refractivity contribution in [2.75, 3.05) is 6.54 Å². The molecule has 2 aromatic rings. The van der Waals surface area contributed by atoms with Gasteiger partial charge in [0, 0.05) is 17.3 Å². The number of aryl methyl sites for hydroxylation is 2. The molecule has 0 aliphatic rings.